The standard InChI is InChI=1S/C11H18N2O3/c1-4-5-11(3,15)7-12-10(14)9-8(2)6-13-16-9/h6,15H,4-5,7H2,1-3H3,(H,12,14). The van der Waals surface area contributed by atoms with Crippen molar-refractivity contribution in [3.8, 4) is 0 Å². The molecule has 1 rings (SSSR count). The highest BCUT2D eigenvalue weighted by atomic mass is 16.5. The number of nitrogens with one attached hydrogen (secondary N) is 1. The van der Waals surface area contributed by atoms with E-state index in [1.807, 2.05) is 6.92 Å². The van der Waals surface area contributed by atoms with Crippen LogP contribution in [0.4, 0.5) is 0 Å². The highest BCUT2D eigenvalue weighted by Gasteiger charge is 2.22. The molecule has 0 radical (unpaired) electrons. The molecule has 0 aliphatic rings. The second-order valence-electron chi connectivity index (χ2n) is 4.27. The van der Waals surface area contributed by atoms with Gasteiger partial charge in [0.2, 0.25) is 5.76 Å². The maximum absolute atomic E-state index is 11.6. The fourth-order valence-electron chi connectivity index (χ4n) is 1.49. The van der Waals surface area contributed by atoms with Gasteiger partial charge in [0, 0.05) is 12.1 Å². The molecular weight excluding hydrogens is 208 g/mol. The van der Waals surface area contributed by atoms with Crippen molar-refractivity contribution in [2.24, 2.45) is 0 Å². The Morgan fingerprint density at radius 1 is 1.69 bits per heavy atom. The van der Waals surface area contributed by atoms with Crippen molar-refractivity contribution in [2.45, 2.75) is 39.2 Å². The van der Waals surface area contributed by atoms with Crippen molar-refractivity contribution in [1.82, 2.24) is 10.5 Å². The Morgan fingerprint density at radius 2 is 2.38 bits per heavy atom. The second-order valence-corrected chi connectivity index (χ2v) is 4.27. The molecule has 0 saturated heterocycles. The van der Waals surface area contributed by atoms with E-state index in [-0.39, 0.29) is 18.2 Å². The second kappa shape index (κ2) is 5.12. The Balaban J connectivity index is 2.51. The molecule has 1 unspecified atom stereocenters. The van der Waals surface area contributed by atoms with Gasteiger partial charge in [-0.1, -0.05) is 18.5 Å². The molecule has 16 heavy (non-hydrogen) atoms. The molecule has 0 aliphatic heterocycles. The Kier molecular flexibility index (Phi) is 4.06. The predicted octanol–water partition coefficient (Wildman–Crippen LogP) is 1.26. The van der Waals surface area contributed by atoms with Gasteiger partial charge in [0.15, 0.2) is 0 Å². The van der Waals surface area contributed by atoms with Crippen LogP contribution in [-0.4, -0.2) is 28.3 Å². The molecule has 5 nitrogen and oxygen atoms in total. The fourth-order valence-corrected chi connectivity index (χ4v) is 1.49. The van der Waals surface area contributed by atoms with E-state index in [4.69, 9.17) is 4.52 Å². The number of aliphatic hydroxyl groups is 1. The minimum absolute atomic E-state index is 0.201. The van der Waals surface area contributed by atoms with Crippen LogP contribution < -0.4 is 5.32 Å². The number of hydrogen-bond acceptors (Lipinski definition) is 4. The lowest BCUT2D eigenvalue weighted by molar-refractivity contribution is 0.0461. The summed E-state index contributed by atoms with van der Waals surface area (Å²) in [6.45, 7) is 5.64. The maximum atomic E-state index is 11.6. The number of rotatable bonds is 5. The van der Waals surface area contributed by atoms with Crippen LogP contribution in [-0.2, 0) is 0 Å². The molecule has 0 aliphatic carbocycles. The van der Waals surface area contributed by atoms with Crippen molar-refractivity contribution in [1.29, 1.82) is 0 Å². The average Bonchev–Trinajstić information content (AvgIpc) is 2.61. The highest BCUT2D eigenvalue weighted by Crippen LogP contribution is 2.11. The molecule has 1 amide bonds. The first-order valence-electron chi connectivity index (χ1n) is 5.38. The number of aromatic nitrogens is 1. The lowest BCUT2D eigenvalue weighted by Gasteiger charge is -2.22. The number of amides is 1. The molecule has 5 heteroatoms. The van der Waals surface area contributed by atoms with Gasteiger partial charge < -0.3 is 14.9 Å². The van der Waals surface area contributed by atoms with Crippen molar-refractivity contribution in [3.05, 3.63) is 17.5 Å². The Morgan fingerprint density at radius 3 is 2.88 bits per heavy atom. The van der Waals surface area contributed by atoms with Crippen molar-refractivity contribution in [3.63, 3.8) is 0 Å². The fraction of sp³-hybridized carbons (Fsp3) is 0.636. The quantitative estimate of drug-likeness (QED) is 0.792. The molecule has 2 N–H and O–H groups in total. The highest BCUT2D eigenvalue weighted by molar-refractivity contribution is 5.92. The number of carbonyl (C=O) groups is 1. The van der Waals surface area contributed by atoms with Crippen LogP contribution in [0, 0.1) is 6.92 Å². The smallest absolute Gasteiger partial charge is 0.290 e. The summed E-state index contributed by atoms with van der Waals surface area (Å²) >= 11 is 0. The molecule has 0 aromatic carbocycles. The van der Waals surface area contributed by atoms with E-state index in [0.717, 1.165) is 6.42 Å². The van der Waals surface area contributed by atoms with E-state index in [1.54, 1.807) is 13.8 Å². The zero-order valence-electron chi connectivity index (χ0n) is 9.91. The maximum Gasteiger partial charge on any atom is 0.290 e. The van der Waals surface area contributed by atoms with Crippen molar-refractivity contribution >= 4 is 5.91 Å². The molecule has 0 spiro atoms. The topological polar surface area (TPSA) is 75.4 Å². The summed E-state index contributed by atoms with van der Waals surface area (Å²) in [5.41, 5.74) is -0.189. The van der Waals surface area contributed by atoms with Crippen LogP contribution in [0.25, 0.3) is 0 Å². The third-order valence-corrected chi connectivity index (χ3v) is 2.37. The summed E-state index contributed by atoms with van der Waals surface area (Å²) in [6.07, 6.45) is 2.99. The molecule has 1 aromatic heterocycles. The van der Waals surface area contributed by atoms with E-state index in [2.05, 4.69) is 10.5 Å². The molecule has 0 saturated carbocycles. The first kappa shape index (κ1) is 12.7. The Labute approximate surface area is 94.8 Å². The third-order valence-electron chi connectivity index (χ3n) is 2.37. The van der Waals surface area contributed by atoms with Gasteiger partial charge in [-0.15, -0.1) is 0 Å². The summed E-state index contributed by atoms with van der Waals surface area (Å²) < 4.78 is 4.81. The van der Waals surface area contributed by atoms with Crippen molar-refractivity contribution < 1.29 is 14.4 Å². The monoisotopic (exact) mass is 226 g/mol. The van der Waals surface area contributed by atoms with E-state index in [1.165, 1.54) is 6.20 Å². The van der Waals surface area contributed by atoms with Gasteiger partial charge in [0.05, 0.1) is 11.8 Å². The normalized spacial score (nSPS) is 14.5. The summed E-state index contributed by atoms with van der Waals surface area (Å²) in [6, 6.07) is 0. The number of nitrogens with zero attached hydrogens (tertiary/aromatic N) is 1. The minimum Gasteiger partial charge on any atom is -0.388 e. The van der Waals surface area contributed by atoms with E-state index >= 15 is 0 Å². The van der Waals surface area contributed by atoms with Crippen LogP contribution in [0.5, 0.6) is 0 Å². The van der Waals surface area contributed by atoms with Crippen molar-refractivity contribution in [2.75, 3.05) is 6.54 Å². The molecule has 90 valence electrons. The summed E-state index contributed by atoms with van der Waals surface area (Å²) in [5, 5.41) is 16.0. The van der Waals surface area contributed by atoms with Crippen LogP contribution in [0.3, 0.4) is 0 Å². The summed E-state index contributed by atoms with van der Waals surface area (Å²) in [7, 11) is 0. The molecule has 1 aromatic rings. The predicted molar refractivity (Wildman–Crippen MR) is 59.1 cm³/mol. The molecule has 0 fully saturated rings. The van der Waals surface area contributed by atoms with Gasteiger partial charge >= 0.3 is 0 Å². The SMILES string of the molecule is CCCC(C)(O)CNC(=O)c1oncc1C. The average molecular weight is 226 g/mol. The first-order chi connectivity index (χ1) is 7.46. The molecular formula is C11H18N2O3. The van der Waals surface area contributed by atoms with Gasteiger partial charge in [0.25, 0.3) is 5.91 Å². The zero-order valence-corrected chi connectivity index (χ0v) is 9.91. The summed E-state index contributed by atoms with van der Waals surface area (Å²) in [4.78, 5) is 11.6. The minimum atomic E-state index is -0.877. The molecule has 1 heterocycles. The third kappa shape index (κ3) is 3.34. The zero-order chi connectivity index (χ0) is 12.2. The number of hydrogen-bond donors (Lipinski definition) is 2. The Bertz CT molecular complexity index is 358. The van der Waals surface area contributed by atoms with Gasteiger partial charge in [-0.25, -0.2) is 0 Å². The lowest BCUT2D eigenvalue weighted by Crippen LogP contribution is -2.40. The molecule has 1 atom stereocenters. The van der Waals surface area contributed by atoms with E-state index in [9.17, 15) is 9.90 Å². The molecule has 0 bridgehead atoms. The lowest BCUT2D eigenvalue weighted by atomic mass is 10.0. The largest absolute Gasteiger partial charge is 0.388 e. The first-order valence-corrected chi connectivity index (χ1v) is 5.38. The number of aryl methyl sites for hydroxylation is 1. The van der Waals surface area contributed by atoms with Gasteiger partial charge in [-0.05, 0) is 20.3 Å². The van der Waals surface area contributed by atoms with Crippen LogP contribution in [0.1, 0.15) is 42.8 Å². The van der Waals surface area contributed by atoms with E-state index in [0.29, 0.717) is 12.0 Å². The van der Waals surface area contributed by atoms with Gasteiger partial charge in [-0.3, -0.25) is 4.79 Å². The van der Waals surface area contributed by atoms with Gasteiger partial charge in [0.1, 0.15) is 0 Å². The van der Waals surface area contributed by atoms with Crippen LogP contribution in [0.15, 0.2) is 10.7 Å². The Hall–Kier alpha value is -1.36. The summed E-state index contributed by atoms with van der Waals surface area (Å²) in [5.74, 6) is -0.140. The van der Waals surface area contributed by atoms with Crippen LogP contribution in [0.2, 0.25) is 0 Å². The van der Waals surface area contributed by atoms with Crippen LogP contribution >= 0.6 is 0 Å². The number of carbonyl (C=O) groups excluding carboxylic acids is 1. The van der Waals surface area contributed by atoms with Gasteiger partial charge in [-0.2, -0.15) is 0 Å². The van der Waals surface area contributed by atoms with E-state index < -0.39 is 5.60 Å².